The number of hydrogen-bond acceptors (Lipinski definition) is 10. The minimum atomic E-state index is -2.61. The molecule has 5 rings (SSSR count). The van der Waals surface area contributed by atoms with Gasteiger partial charge in [0.2, 0.25) is 5.79 Å². The monoisotopic (exact) mass is 488 g/mol. The summed E-state index contributed by atoms with van der Waals surface area (Å²) in [6, 6.07) is 1.37. The summed E-state index contributed by atoms with van der Waals surface area (Å²) < 4.78 is 5.51. The number of carboxylic acid groups (broad SMARTS) is 1. The lowest BCUT2D eigenvalue weighted by molar-refractivity contribution is -0.118. The molecule has 1 aromatic rings. The fourth-order valence-corrected chi connectivity index (χ4v) is 6.39. The SMILES string of the molecule is CC1c2ccc(C(=O)O)c(O)c2C(=O)C2=C(O)[C@]34OC3(O)C(C(N)=O)=C(O)[C@@H](N(C)C)C4[C@@H](O)C21. The number of phenols is 1. The van der Waals surface area contributed by atoms with Crippen molar-refractivity contribution in [2.24, 2.45) is 17.6 Å². The van der Waals surface area contributed by atoms with E-state index in [4.69, 9.17) is 10.5 Å². The Morgan fingerprint density at radius 2 is 1.80 bits per heavy atom. The summed E-state index contributed by atoms with van der Waals surface area (Å²) in [6.45, 7) is 1.63. The minimum Gasteiger partial charge on any atom is -0.510 e. The maximum Gasteiger partial charge on any atom is 0.339 e. The Balaban J connectivity index is 1.80. The number of hydrogen-bond donors (Lipinski definition) is 7. The van der Waals surface area contributed by atoms with Gasteiger partial charge in [-0.3, -0.25) is 14.5 Å². The van der Waals surface area contributed by atoms with Gasteiger partial charge in [-0.2, -0.15) is 0 Å². The second-order valence-corrected chi connectivity index (χ2v) is 9.67. The van der Waals surface area contributed by atoms with Crippen molar-refractivity contribution in [2.75, 3.05) is 14.1 Å². The van der Waals surface area contributed by atoms with Crippen molar-refractivity contribution in [3.63, 3.8) is 0 Å². The molecule has 1 spiro atoms. The largest absolute Gasteiger partial charge is 0.510 e. The maximum atomic E-state index is 13.6. The fraction of sp³-hybridized carbons (Fsp3) is 0.435. The van der Waals surface area contributed by atoms with Gasteiger partial charge < -0.3 is 41.1 Å². The number of carbonyl (C=O) groups is 3. The van der Waals surface area contributed by atoms with E-state index in [-0.39, 0.29) is 16.7 Å². The van der Waals surface area contributed by atoms with Crippen molar-refractivity contribution in [3.8, 4) is 5.75 Å². The Morgan fingerprint density at radius 3 is 2.34 bits per heavy atom. The quantitative estimate of drug-likeness (QED) is 0.269. The van der Waals surface area contributed by atoms with Gasteiger partial charge >= 0.3 is 5.97 Å². The Hall–Kier alpha value is -3.45. The number of Topliss-reactive ketones (excluding diaryl/α,β-unsaturated/α-hetero) is 1. The molecule has 186 valence electrons. The number of ketones is 1. The highest BCUT2D eigenvalue weighted by Crippen LogP contribution is 2.69. The van der Waals surface area contributed by atoms with Gasteiger partial charge in [0.15, 0.2) is 11.4 Å². The number of carbonyl (C=O) groups excluding carboxylic acids is 2. The van der Waals surface area contributed by atoms with Crippen molar-refractivity contribution in [3.05, 3.63) is 51.5 Å². The average Bonchev–Trinajstić information content (AvgIpc) is 3.38. The third kappa shape index (κ3) is 2.46. The zero-order valence-electron chi connectivity index (χ0n) is 18.9. The van der Waals surface area contributed by atoms with E-state index in [0.29, 0.717) is 0 Å². The predicted molar refractivity (Wildman–Crippen MR) is 116 cm³/mol. The van der Waals surface area contributed by atoms with E-state index in [1.165, 1.54) is 11.0 Å². The van der Waals surface area contributed by atoms with E-state index in [0.717, 1.165) is 6.07 Å². The highest BCUT2D eigenvalue weighted by molar-refractivity contribution is 6.15. The standard InChI is InChI=1S/C23H24N2O10/c1-6-7-4-5-8(21(32)33)15(26)10(7)16(27)11-9(6)17(28)12-14(25(2)3)18(29)13(20(24)31)23(34)22(12,35-23)19(11)30/h4-6,9,12,14,17,26,28-30,34H,1-3H3,(H2,24,31)(H,32,33)/t6?,9?,12?,14-,17-,22-,23?/m0/s1. The van der Waals surface area contributed by atoms with Crippen LogP contribution in [0.4, 0.5) is 0 Å². The molecule has 1 fully saturated rings. The van der Waals surface area contributed by atoms with Gasteiger partial charge in [0, 0.05) is 11.5 Å². The maximum absolute atomic E-state index is 13.6. The van der Waals surface area contributed by atoms with Crippen molar-refractivity contribution in [2.45, 2.75) is 36.4 Å². The van der Waals surface area contributed by atoms with Gasteiger partial charge in [0.1, 0.15) is 28.4 Å². The smallest absolute Gasteiger partial charge is 0.339 e. The van der Waals surface area contributed by atoms with Crippen molar-refractivity contribution in [1.29, 1.82) is 0 Å². The van der Waals surface area contributed by atoms with Gasteiger partial charge in [-0.05, 0) is 31.6 Å². The summed E-state index contributed by atoms with van der Waals surface area (Å²) in [5.74, 6) is -11.5. The first-order chi connectivity index (χ1) is 16.2. The summed E-state index contributed by atoms with van der Waals surface area (Å²) in [5.41, 5.74) is 1.50. The number of primary amides is 1. The number of fused-ring (bicyclic) bond motifs is 2. The number of nitrogens with zero attached hydrogens (tertiary/aromatic N) is 1. The van der Waals surface area contributed by atoms with E-state index in [9.17, 15) is 45.0 Å². The first kappa shape index (κ1) is 23.3. The molecule has 12 heteroatoms. The number of aliphatic hydroxyl groups excluding tert-OH is 3. The third-order valence-corrected chi connectivity index (χ3v) is 7.88. The predicted octanol–water partition coefficient (Wildman–Crippen LogP) is -0.492. The second kappa shape index (κ2) is 6.82. The molecule has 7 atom stereocenters. The van der Waals surface area contributed by atoms with Crippen molar-refractivity contribution in [1.82, 2.24) is 4.90 Å². The molecule has 3 aliphatic carbocycles. The molecule has 1 amide bonds. The molecule has 1 heterocycles. The molecule has 0 radical (unpaired) electrons. The highest BCUT2D eigenvalue weighted by atomic mass is 16.8. The van der Waals surface area contributed by atoms with Crippen LogP contribution in [-0.2, 0) is 9.53 Å². The fourth-order valence-electron chi connectivity index (χ4n) is 6.39. The first-order valence-electron chi connectivity index (χ1n) is 10.8. The summed E-state index contributed by atoms with van der Waals surface area (Å²) in [6.07, 6.45) is -1.49. The van der Waals surface area contributed by atoms with Crippen LogP contribution in [-0.4, -0.2) is 90.8 Å². The molecular formula is C23H24N2O10. The number of carboxylic acids is 1. The lowest BCUT2D eigenvalue weighted by Crippen LogP contribution is -2.63. The molecule has 1 aromatic carbocycles. The first-order valence-corrected chi connectivity index (χ1v) is 10.8. The van der Waals surface area contributed by atoms with Crippen LogP contribution in [0.1, 0.15) is 39.1 Å². The molecule has 4 aliphatic rings. The summed E-state index contributed by atoms with van der Waals surface area (Å²) >= 11 is 0. The molecule has 0 aromatic heterocycles. The highest BCUT2D eigenvalue weighted by Gasteiger charge is 2.86. The average molecular weight is 488 g/mol. The number of nitrogens with two attached hydrogens (primary N) is 1. The molecule has 12 nitrogen and oxygen atoms in total. The number of ether oxygens (including phenoxy) is 1. The van der Waals surface area contributed by atoms with Crippen LogP contribution in [0.3, 0.4) is 0 Å². The van der Waals surface area contributed by atoms with E-state index in [1.807, 2.05) is 0 Å². The summed E-state index contributed by atoms with van der Waals surface area (Å²) in [5, 5.41) is 65.1. The van der Waals surface area contributed by atoms with Gasteiger partial charge in [0.05, 0.1) is 23.6 Å². The van der Waals surface area contributed by atoms with E-state index < -0.39 is 87.4 Å². The van der Waals surface area contributed by atoms with Crippen LogP contribution in [0.2, 0.25) is 0 Å². The topological polar surface area (TPSA) is 214 Å². The Labute approximate surface area is 198 Å². The number of rotatable bonds is 3. The van der Waals surface area contributed by atoms with Crippen LogP contribution < -0.4 is 5.73 Å². The molecule has 8 N–H and O–H groups in total. The number of amides is 1. The minimum absolute atomic E-state index is 0.260. The van der Waals surface area contributed by atoms with Gasteiger partial charge in [-0.1, -0.05) is 13.0 Å². The summed E-state index contributed by atoms with van der Waals surface area (Å²) in [7, 11) is 3.08. The number of likely N-dealkylation sites (N-methyl/N-ethyl adjacent to an activating group) is 1. The Kier molecular flexibility index (Phi) is 4.54. The van der Waals surface area contributed by atoms with Crippen molar-refractivity contribution < 1.29 is 49.8 Å². The van der Waals surface area contributed by atoms with E-state index in [1.54, 1.807) is 21.0 Å². The lowest BCUT2D eigenvalue weighted by Gasteiger charge is -2.50. The number of epoxide rings is 1. The normalized spacial score (nSPS) is 37.4. The van der Waals surface area contributed by atoms with Crippen LogP contribution >= 0.6 is 0 Å². The zero-order chi connectivity index (χ0) is 25.9. The molecular weight excluding hydrogens is 464 g/mol. The van der Waals surface area contributed by atoms with Crippen LogP contribution in [0.5, 0.6) is 5.75 Å². The van der Waals surface area contributed by atoms with Gasteiger partial charge in [-0.25, -0.2) is 4.79 Å². The number of benzene rings is 1. The molecule has 1 aliphatic heterocycles. The van der Waals surface area contributed by atoms with E-state index >= 15 is 0 Å². The van der Waals surface area contributed by atoms with Crippen LogP contribution in [0.25, 0.3) is 0 Å². The Bertz CT molecular complexity index is 1300. The zero-order valence-corrected chi connectivity index (χ0v) is 18.9. The van der Waals surface area contributed by atoms with Crippen molar-refractivity contribution >= 4 is 17.7 Å². The molecule has 1 saturated heterocycles. The molecule has 4 unspecified atom stereocenters. The number of aromatic hydroxyl groups is 1. The van der Waals surface area contributed by atoms with Gasteiger partial charge in [-0.15, -0.1) is 0 Å². The van der Waals surface area contributed by atoms with Crippen LogP contribution in [0.15, 0.2) is 34.8 Å². The second-order valence-electron chi connectivity index (χ2n) is 9.67. The number of aliphatic hydroxyl groups is 4. The number of aromatic carboxylic acids is 1. The Morgan fingerprint density at radius 1 is 1.17 bits per heavy atom. The lowest BCUT2D eigenvalue weighted by atomic mass is 9.56. The molecule has 0 saturated carbocycles. The molecule has 0 bridgehead atoms. The third-order valence-electron chi connectivity index (χ3n) is 7.88. The van der Waals surface area contributed by atoms with E-state index in [2.05, 4.69) is 0 Å². The van der Waals surface area contributed by atoms with Crippen LogP contribution in [0, 0.1) is 11.8 Å². The molecule has 35 heavy (non-hydrogen) atoms. The van der Waals surface area contributed by atoms with Gasteiger partial charge in [0.25, 0.3) is 5.91 Å². The summed E-state index contributed by atoms with van der Waals surface area (Å²) in [4.78, 5) is 38.7.